The molecule has 3 rings (SSSR count). The first-order valence-corrected chi connectivity index (χ1v) is 9.52. The van der Waals surface area contributed by atoms with Gasteiger partial charge in [0.25, 0.3) is 0 Å². The van der Waals surface area contributed by atoms with Gasteiger partial charge in [0.15, 0.2) is 0 Å². The summed E-state index contributed by atoms with van der Waals surface area (Å²) in [6.45, 7) is 1.92. The van der Waals surface area contributed by atoms with Gasteiger partial charge in [-0.25, -0.2) is 13.1 Å². The van der Waals surface area contributed by atoms with Gasteiger partial charge in [0.1, 0.15) is 5.76 Å². The van der Waals surface area contributed by atoms with Crippen molar-refractivity contribution in [2.75, 3.05) is 11.1 Å². The lowest BCUT2D eigenvalue weighted by atomic mass is 10.2. The molecule has 0 aliphatic carbocycles. The molecule has 0 saturated heterocycles. The summed E-state index contributed by atoms with van der Waals surface area (Å²) in [7, 11) is -3.68. The van der Waals surface area contributed by atoms with E-state index in [0.29, 0.717) is 17.2 Å². The van der Waals surface area contributed by atoms with E-state index >= 15 is 0 Å². The number of furan rings is 1. The lowest BCUT2D eigenvalue weighted by Gasteiger charge is -2.10. The maximum Gasteiger partial charge on any atom is 0.241 e. The Labute approximate surface area is 138 Å². The molecule has 23 heavy (non-hydrogen) atoms. The number of carbonyl (C=O) groups excluding carboxylic acids is 1. The molecule has 0 spiro atoms. The second kappa shape index (κ2) is 6.38. The Bertz CT molecular complexity index is 816. The molecule has 0 bridgehead atoms. The summed E-state index contributed by atoms with van der Waals surface area (Å²) in [5.74, 6) is 0.974. The Balaban J connectivity index is 1.83. The predicted molar refractivity (Wildman–Crippen MR) is 87.7 cm³/mol. The molecule has 8 heteroatoms. The minimum absolute atomic E-state index is 0.0740. The first-order valence-electron chi connectivity index (χ1n) is 7.05. The van der Waals surface area contributed by atoms with Crippen LogP contribution in [-0.2, 0) is 21.4 Å². The van der Waals surface area contributed by atoms with Crippen molar-refractivity contribution < 1.29 is 17.6 Å². The summed E-state index contributed by atoms with van der Waals surface area (Å²) < 4.78 is 32.3. The third-order valence-electron chi connectivity index (χ3n) is 3.47. The number of carbonyl (C=O) groups is 1. The van der Waals surface area contributed by atoms with Crippen LogP contribution in [0.5, 0.6) is 0 Å². The molecule has 0 fully saturated rings. The maximum absolute atomic E-state index is 12.4. The molecule has 6 nitrogen and oxygen atoms in total. The van der Waals surface area contributed by atoms with Crippen molar-refractivity contribution in [1.82, 2.24) is 4.72 Å². The maximum atomic E-state index is 12.4. The van der Waals surface area contributed by atoms with Crippen LogP contribution in [0.25, 0.3) is 0 Å². The number of fused-ring (bicyclic) bond motifs is 1. The van der Waals surface area contributed by atoms with Gasteiger partial charge in [-0.05, 0) is 30.3 Å². The molecule has 1 aliphatic rings. The highest BCUT2D eigenvalue weighted by molar-refractivity contribution is 7.99. The zero-order valence-electron chi connectivity index (χ0n) is 12.4. The SMILES string of the molecule is C[C@H]1CSc2ccc(S(=O)(=O)NCc3ccco3)cc2NC1=O. The Morgan fingerprint density at radius 2 is 2.22 bits per heavy atom. The fourth-order valence-corrected chi connectivity index (χ4v) is 4.14. The van der Waals surface area contributed by atoms with Gasteiger partial charge >= 0.3 is 0 Å². The van der Waals surface area contributed by atoms with Crippen molar-refractivity contribution in [2.45, 2.75) is 23.3 Å². The number of benzene rings is 1. The number of amides is 1. The minimum Gasteiger partial charge on any atom is -0.468 e. The number of rotatable bonds is 4. The molecule has 0 saturated carbocycles. The topological polar surface area (TPSA) is 88.4 Å². The van der Waals surface area contributed by atoms with Crippen LogP contribution in [0.1, 0.15) is 12.7 Å². The molecular formula is C15H16N2O4S2. The van der Waals surface area contributed by atoms with Gasteiger partial charge in [0.05, 0.1) is 23.4 Å². The van der Waals surface area contributed by atoms with E-state index in [1.165, 1.54) is 24.1 Å². The van der Waals surface area contributed by atoms with Gasteiger partial charge in [-0.1, -0.05) is 6.92 Å². The van der Waals surface area contributed by atoms with Crippen LogP contribution in [-0.4, -0.2) is 20.1 Å². The number of anilines is 1. The van der Waals surface area contributed by atoms with E-state index in [1.807, 2.05) is 6.92 Å². The number of sulfonamides is 1. The third kappa shape index (κ3) is 3.60. The highest BCUT2D eigenvalue weighted by Crippen LogP contribution is 2.34. The van der Waals surface area contributed by atoms with Crippen molar-refractivity contribution in [3.63, 3.8) is 0 Å². The molecule has 1 aliphatic heterocycles. The van der Waals surface area contributed by atoms with E-state index in [-0.39, 0.29) is 23.3 Å². The quantitative estimate of drug-likeness (QED) is 0.882. The lowest BCUT2D eigenvalue weighted by molar-refractivity contribution is -0.118. The average Bonchev–Trinajstić information content (AvgIpc) is 3.00. The number of thioether (sulfide) groups is 1. The van der Waals surface area contributed by atoms with Crippen LogP contribution >= 0.6 is 11.8 Å². The largest absolute Gasteiger partial charge is 0.468 e. The highest BCUT2D eigenvalue weighted by Gasteiger charge is 2.22. The van der Waals surface area contributed by atoms with Gasteiger partial charge < -0.3 is 9.73 Å². The molecule has 1 atom stereocenters. The second-order valence-corrected chi connectivity index (χ2v) is 8.09. The van der Waals surface area contributed by atoms with Gasteiger partial charge in [0.2, 0.25) is 15.9 Å². The van der Waals surface area contributed by atoms with Crippen molar-refractivity contribution in [2.24, 2.45) is 5.92 Å². The zero-order chi connectivity index (χ0) is 16.4. The van der Waals surface area contributed by atoms with Gasteiger partial charge in [-0.15, -0.1) is 11.8 Å². The summed E-state index contributed by atoms with van der Waals surface area (Å²) in [5, 5.41) is 2.78. The molecule has 2 N–H and O–H groups in total. The lowest BCUT2D eigenvalue weighted by Crippen LogP contribution is -2.23. The van der Waals surface area contributed by atoms with Gasteiger partial charge in [0, 0.05) is 16.6 Å². The van der Waals surface area contributed by atoms with Crippen LogP contribution in [0.2, 0.25) is 0 Å². The Kier molecular flexibility index (Phi) is 4.47. The van der Waals surface area contributed by atoms with E-state index < -0.39 is 10.0 Å². The molecule has 1 aromatic carbocycles. The fourth-order valence-electron chi connectivity index (χ4n) is 2.11. The minimum atomic E-state index is -3.68. The van der Waals surface area contributed by atoms with E-state index in [4.69, 9.17) is 4.42 Å². The highest BCUT2D eigenvalue weighted by atomic mass is 32.2. The Morgan fingerprint density at radius 1 is 1.39 bits per heavy atom. The van der Waals surface area contributed by atoms with Crippen molar-refractivity contribution in [3.8, 4) is 0 Å². The van der Waals surface area contributed by atoms with E-state index in [9.17, 15) is 13.2 Å². The first kappa shape index (κ1) is 16.1. The van der Waals surface area contributed by atoms with Crippen molar-refractivity contribution >= 4 is 33.4 Å². The molecule has 1 amide bonds. The summed E-state index contributed by atoms with van der Waals surface area (Å²) in [6, 6.07) is 8.14. The molecule has 0 unspecified atom stereocenters. The summed E-state index contributed by atoms with van der Waals surface area (Å²) in [6.07, 6.45) is 1.49. The van der Waals surface area contributed by atoms with Crippen LogP contribution in [0.4, 0.5) is 5.69 Å². The molecule has 1 aromatic heterocycles. The summed E-state index contributed by atoms with van der Waals surface area (Å²) >= 11 is 1.54. The van der Waals surface area contributed by atoms with E-state index in [1.54, 1.807) is 24.3 Å². The Hall–Kier alpha value is -1.77. The predicted octanol–water partition coefficient (Wildman–Crippen LogP) is 2.44. The van der Waals surface area contributed by atoms with Crippen molar-refractivity contribution in [1.29, 1.82) is 0 Å². The fraction of sp³-hybridized carbons (Fsp3) is 0.267. The number of nitrogens with one attached hydrogen (secondary N) is 2. The average molecular weight is 352 g/mol. The molecule has 122 valence electrons. The van der Waals surface area contributed by atoms with Crippen LogP contribution in [0.15, 0.2) is 50.8 Å². The Morgan fingerprint density at radius 3 is 2.96 bits per heavy atom. The van der Waals surface area contributed by atoms with E-state index in [2.05, 4.69) is 10.0 Å². The summed E-state index contributed by atoms with van der Waals surface area (Å²) in [4.78, 5) is 12.9. The molecule has 2 heterocycles. The smallest absolute Gasteiger partial charge is 0.241 e. The normalized spacial score (nSPS) is 18.1. The molecule has 0 radical (unpaired) electrons. The monoisotopic (exact) mass is 352 g/mol. The van der Waals surface area contributed by atoms with Crippen LogP contribution in [0.3, 0.4) is 0 Å². The third-order valence-corrected chi connectivity index (χ3v) is 6.20. The first-order chi connectivity index (χ1) is 11.0. The summed E-state index contributed by atoms with van der Waals surface area (Å²) in [5.41, 5.74) is 0.533. The van der Waals surface area contributed by atoms with Gasteiger partial charge in [-0.3, -0.25) is 4.79 Å². The number of hydrogen-bond acceptors (Lipinski definition) is 5. The van der Waals surface area contributed by atoms with Crippen molar-refractivity contribution in [3.05, 3.63) is 42.4 Å². The van der Waals surface area contributed by atoms with Crippen LogP contribution in [0, 0.1) is 5.92 Å². The molecule has 2 aromatic rings. The zero-order valence-corrected chi connectivity index (χ0v) is 14.0. The van der Waals surface area contributed by atoms with Crippen LogP contribution < -0.4 is 10.0 Å². The standard InChI is InChI=1S/C15H16N2O4S2/c1-10-9-22-14-5-4-12(7-13(14)17-15(10)18)23(19,20)16-8-11-3-2-6-21-11/h2-7,10,16H,8-9H2,1H3,(H,17,18)/t10-/m0/s1. The number of hydrogen-bond donors (Lipinski definition) is 2. The second-order valence-electron chi connectivity index (χ2n) is 5.26. The molecular weight excluding hydrogens is 336 g/mol. The van der Waals surface area contributed by atoms with Gasteiger partial charge in [-0.2, -0.15) is 0 Å². The van der Waals surface area contributed by atoms with E-state index in [0.717, 1.165) is 4.90 Å².